The molecule has 0 radical (unpaired) electrons. The standard InChI is InChI=1S/C20H24ClN3O5S2/c1-15-4-6-16(7-5-15)31(28,29)24-12-10-23(11-13-24)20(25)18-14-17(8-9-19(18)21)30(26,27)22(2)3/h4-9,14H,10-13H2,1-3H3. The van der Waals surface area contributed by atoms with Gasteiger partial charge < -0.3 is 4.90 Å². The summed E-state index contributed by atoms with van der Waals surface area (Å²) in [5, 5.41) is 0.136. The summed E-state index contributed by atoms with van der Waals surface area (Å²) >= 11 is 6.17. The lowest BCUT2D eigenvalue weighted by Crippen LogP contribution is -2.50. The van der Waals surface area contributed by atoms with Crippen LogP contribution < -0.4 is 0 Å². The van der Waals surface area contributed by atoms with Crippen LogP contribution in [-0.2, 0) is 20.0 Å². The van der Waals surface area contributed by atoms with E-state index < -0.39 is 26.0 Å². The zero-order valence-corrected chi connectivity index (χ0v) is 19.8. The van der Waals surface area contributed by atoms with Gasteiger partial charge >= 0.3 is 0 Å². The molecule has 2 aromatic rings. The third-order valence-corrected chi connectivity index (χ3v) is 9.18. The summed E-state index contributed by atoms with van der Waals surface area (Å²) in [7, 11) is -4.57. The number of rotatable bonds is 5. The van der Waals surface area contributed by atoms with Crippen LogP contribution in [0.4, 0.5) is 0 Å². The van der Waals surface area contributed by atoms with E-state index in [1.165, 1.54) is 41.5 Å². The Morgan fingerprint density at radius 3 is 2.00 bits per heavy atom. The molecule has 2 aromatic carbocycles. The van der Waals surface area contributed by atoms with Gasteiger partial charge in [-0.2, -0.15) is 4.31 Å². The molecule has 0 N–H and O–H groups in total. The molecule has 1 heterocycles. The molecule has 0 spiro atoms. The number of carbonyl (C=O) groups excluding carboxylic acids is 1. The molecule has 0 aromatic heterocycles. The van der Waals surface area contributed by atoms with Crippen LogP contribution in [-0.4, -0.2) is 76.5 Å². The molecule has 3 rings (SSSR count). The number of amides is 1. The highest BCUT2D eigenvalue weighted by Gasteiger charge is 2.31. The molecule has 0 unspecified atom stereocenters. The quantitative estimate of drug-likeness (QED) is 0.646. The van der Waals surface area contributed by atoms with E-state index in [4.69, 9.17) is 11.6 Å². The average Bonchev–Trinajstić information content (AvgIpc) is 2.73. The topological polar surface area (TPSA) is 95.1 Å². The number of benzene rings is 2. The second kappa shape index (κ2) is 8.87. The minimum Gasteiger partial charge on any atom is -0.336 e. The van der Waals surface area contributed by atoms with E-state index in [1.807, 2.05) is 6.92 Å². The van der Waals surface area contributed by atoms with E-state index >= 15 is 0 Å². The normalized spacial score (nSPS) is 16.0. The predicted molar refractivity (Wildman–Crippen MR) is 118 cm³/mol. The van der Waals surface area contributed by atoms with Crippen LogP contribution in [0.15, 0.2) is 52.3 Å². The number of nitrogens with zero attached hydrogens (tertiary/aromatic N) is 3. The summed E-state index contributed by atoms with van der Waals surface area (Å²) in [6.07, 6.45) is 0. The number of sulfonamides is 2. The van der Waals surface area contributed by atoms with E-state index in [0.29, 0.717) is 0 Å². The zero-order chi connectivity index (χ0) is 23.0. The van der Waals surface area contributed by atoms with Gasteiger partial charge in [-0.3, -0.25) is 4.79 Å². The molecule has 1 aliphatic heterocycles. The summed E-state index contributed by atoms with van der Waals surface area (Å²) in [6, 6.07) is 10.6. The van der Waals surface area contributed by atoms with Gasteiger partial charge in [0.15, 0.2) is 0 Å². The molecule has 0 atom stereocenters. The van der Waals surface area contributed by atoms with E-state index in [9.17, 15) is 21.6 Å². The first-order valence-electron chi connectivity index (χ1n) is 9.53. The van der Waals surface area contributed by atoms with Crippen molar-refractivity contribution < 1.29 is 21.6 Å². The van der Waals surface area contributed by atoms with Crippen molar-refractivity contribution in [3.8, 4) is 0 Å². The molecule has 168 valence electrons. The highest BCUT2D eigenvalue weighted by molar-refractivity contribution is 7.89. The van der Waals surface area contributed by atoms with Crippen molar-refractivity contribution in [3.05, 3.63) is 58.6 Å². The minimum absolute atomic E-state index is 0.0363. The van der Waals surface area contributed by atoms with Gasteiger partial charge in [0.25, 0.3) is 5.91 Å². The van der Waals surface area contributed by atoms with E-state index in [-0.39, 0.29) is 46.6 Å². The number of carbonyl (C=O) groups is 1. The Morgan fingerprint density at radius 1 is 0.903 bits per heavy atom. The molecule has 31 heavy (non-hydrogen) atoms. The van der Waals surface area contributed by atoms with Crippen molar-refractivity contribution >= 4 is 37.6 Å². The van der Waals surface area contributed by atoms with Gasteiger partial charge in [-0.15, -0.1) is 0 Å². The van der Waals surface area contributed by atoms with Gasteiger partial charge in [0.1, 0.15) is 0 Å². The Bertz CT molecular complexity index is 1190. The lowest BCUT2D eigenvalue weighted by Gasteiger charge is -2.34. The van der Waals surface area contributed by atoms with Gasteiger partial charge in [0, 0.05) is 40.3 Å². The fourth-order valence-corrected chi connectivity index (χ4v) is 5.75. The first kappa shape index (κ1) is 23.7. The van der Waals surface area contributed by atoms with Gasteiger partial charge in [0.05, 0.1) is 20.4 Å². The summed E-state index contributed by atoms with van der Waals surface area (Å²) in [4.78, 5) is 14.7. The molecule has 0 aliphatic carbocycles. The fourth-order valence-electron chi connectivity index (χ4n) is 3.20. The van der Waals surface area contributed by atoms with Crippen molar-refractivity contribution in [1.82, 2.24) is 13.5 Å². The van der Waals surface area contributed by atoms with Crippen molar-refractivity contribution in [3.63, 3.8) is 0 Å². The molecule has 1 aliphatic rings. The predicted octanol–water partition coefficient (Wildman–Crippen LogP) is 2.05. The number of aryl methyl sites for hydroxylation is 1. The Balaban J connectivity index is 1.77. The van der Waals surface area contributed by atoms with Crippen LogP contribution in [0, 0.1) is 6.92 Å². The van der Waals surface area contributed by atoms with Gasteiger partial charge in [-0.25, -0.2) is 21.1 Å². The second-order valence-electron chi connectivity index (χ2n) is 7.44. The van der Waals surface area contributed by atoms with Gasteiger partial charge in [0.2, 0.25) is 20.0 Å². The maximum Gasteiger partial charge on any atom is 0.255 e. The third-order valence-electron chi connectivity index (χ3n) is 5.13. The molecular formula is C20H24ClN3O5S2. The summed E-state index contributed by atoms with van der Waals surface area (Å²) < 4.78 is 52.9. The zero-order valence-electron chi connectivity index (χ0n) is 17.4. The van der Waals surface area contributed by atoms with Crippen molar-refractivity contribution in [1.29, 1.82) is 0 Å². The molecule has 1 amide bonds. The summed E-state index contributed by atoms with van der Waals surface area (Å²) in [5.41, 5.74) is 1.03. The van der Waals surface area contributed by atoms with Crippen LogP contribution >= 0.6 is 11.6 Å². The van der Waals surface area contributed by atoms with Gasteiger partial charge in [-0.05, 0) is 37.3 Å². The molecule has 8 nitrogen and oxygen atoms in total. The van der Waals surface area contributed by atoms with Gasteiger partial charge in [-0.1, -0.05) is 29.3 Å². The van der Waals surface area contributed by atoms with Crippen molar-refractivity contribution in [2.24, 2.45) is 0 Å². The highest BCUT2D eigenvalue weighted by atomic mass is 35.5. The molecule has 0 saturated carbocycles. The van der Waals surface area contributed by atoms with Crippen molar-refractivity contribution in [2.45, 2.75) is 16.7 Å². The van der Waals surface area contributed by atoms with Crippen LogP contribution in [0.25, 0.3) is 0 Å². The van der Waals surface area contributed by atoms with E-state index in [0.717, 1.165) is 9.87 Å². The monoisotopic (exact) mass is 485 g/mol. The lowest BCUT2D eigenvalue weighted by atomic mass is 10.2. The van der Waals surface area contributed by atoms with Crippen LogP contribution in [0.3, 0.4) is 0 Å². The molecule has 0 bridgehead atoms. The van der Waals surface area contributed by atoms with Crippen LogP contribution in [0.2, 0.25) is 5.02 Å². The maximum atomic E-state index is 13.0. The minimum atomic E-state index is -3.73. The molecule has 11 heteroatoms. The average molecular weight is 486 g/mol. The van der Waals surface area contributed by atoms with Crippen molar-refractivity contribution in [2.75, 3.05) is 40.3 Å². The Labute approximate surface area is 188 Å². The summed E-state index contributed by atoms with van der Waals surface area (Å²) in [6.45, 7) is 2.49. The van der Waals surface area contributed by atoms with Crippen LogP contribution in [0.5, 0.6) is 0 Å². The molecule has 1 saturated heterocycles. The van der Waals surface area contributed by atoms with E-state index in [1.54, 1.807) is 24.3 Å². The lowest BCUT2D eigenvalue weighted by molar-refractivity contribution is 0.0698. The highest BCUT2D eigenvalue weighted by Crippen LogP contribution is 2.25. The molecule has 1 fully saturated rings. The molecular weight excluding hydrogens is 462 g/mol. The SMILES string of the molecule is Cc1ccc(S(=O)(=O)N2CCN(C(=O)c3cc(S(=O)(=O)N(C)C)ccc3Cl)CC2)cc1. The maximum absolute atomic E-state index is 13.0. The second-order valence-corrected chi connectivity index (χ2v) is 11.9. The number of halogens is 1. The third kappa shape index (κ3) is 4.78. The van der Waals surface area contributed by atoms with E-state index in [2.05, 4.69) is 0 Å². The first-order valence-corrected chi connectivity index (χ1v) is 12.8. The number of hydrogen-bond acceptors (Lipinski definition) is 5. The smallest absolute Gasteiger partial charge is 0.255 e. The largest absolute Gasteiger partial charge is 0.336 e. The summed E-state index contributed by atoms with van der Waals surface area (Å²) in [5.74, 6) is -0.437. The number of hydrogen-bond donors (Lipinski definition) is 0. The Hall–Kier alpha value is -1.98. The fraction of sp³-hybridized carbons (Fsp3) is 0.350. The Kier molecular flexibility index (Phi) is 6.78. The van der Waals surface area contributed by atoms with Crippen LogP contribution in [0.1, 0.15) is 15.9 Å². The Morgan fingerprint density at radius 2 is 1.45 bits per heavy atom. The number of piperazine rings is 1. The first-order chi connectivity index (χ1) is 14.4.